The van der Waals surface area contributed by atoms with Gasteiger partial charge in [-0.25, -0.2) is 0 Å². The molecule has 106 valence electrons. The summed E-state index contributed by atoms with van der Waals surface area (Å²) in [5.41, 5.74) is -0.384. The van der Waals surface area contributed by atoms with Gasteiger partial charge in [-0.2, -0.15) is 13.2 Å². The van der Waals surface area contributed by atoms with E-state index < -0.39 is 6.18 Å². The van der Waals surface area contributed by atoms with Crippen molar-refractivity contribution in [2.45, 2.75) is 25.7 Å². The number of alkyl halides is 3. The number of nitrogens with one attached hydrogen (secondary N) is 1. The number of hydrogen-bond acceptors (Lipinski definition) is 3. The second-order valence-corrected chi connectivity index (χ2v) is 5.86. The Hall–Kier alpha value is -0.850. The van der Waals surface area contributed by atoms with Crippen molar-refractivity contribution in [3.8, 4) is 0 Å². The minimum absolute atomic E-state index is 0.0955. The Morgan fingerprint density at radius 1 is 1.32 bits per heavy atom. The first kappa shape index (κ1) is 14.6. The lowest BCUT2D eigenvalue weighted by molar-refractivity contribution is -0.0960. The van der Waals surface area contributed by atoms with E-state index in [9.17, 15) is 13.2 Å². The molecule has 0 spiro atoms. The molecule has 1 aliphatic rings. The molecule has 0 amide bonds. The number of rotatable bonds is 4. The maximum Gasteiger partial charge on any atom is 0.412 e. The van der Waals surface area contributed by atoms with Crippen LogP contribution in [0.4, 0.5) is 13.2 Å². The Morgan fingerprint density at radius 3 is 2.63 bits per heavy atom. The van der Waals surface area contributed by atoms with Crippen LogP contribution in [0.3, 0.4) is 0 Å². The first-order valence-electron chi connectivity index (χ1n) is 6.20. The molecule has 0 unspecified atom stereocenters. The molecule has 1 N–H and O–H groups in total. The van der Waals surface area contributed by atoms with Crippen molar-refractivity contribution < 1.29 is 13.2 Å². The van der Waals surface area contributed by atoms with E-state index in [4.69, 9.17) is 0 Å². The van der Waals surface area contributed by atoms with E-state index in [1.54, 1.807) is 11.3 Å². The largest absolute Gasteiger partial charge is 0.412 e. The zero-order chi connectivity index (χ0) is 13.9. The van der Waals surface area contributed by atoms with Crippen LogP contribution in [-0.4, -0.2) is 31.2 Å². The first-order valence-corrected chi connectivity index (χ1v) is 7.01. The van der Waals surface area contributed by atoms with E-state index in [-0.39, 0.29) is 12.0 Å². The molecule has 0 radical (unpaired) electrons. The van der Waals surface area contributed by atoms with Gasteiger partial charge in [0, 0.05) is 41.5 Å². The zero-order valence-corrected chi connectivity index (χ0v) is 11.6. The Kier molecular flexibility index (Phi) is 4.65. The lowest BCUT2D eigenvalue weighted by Gasteiger charge is -2.26. The molecule has 1 aliphatic heterocycles. The van der Waals surface area contributed by atoms with Crippen LogP contribution in [0.1, 0.15) is 16.2 Å². The van der Waals surface area contributed by atoms with E-state index in [2.05, 4.69) is 17.4 Å². The summed E-state index contributed by atoms with van der Waals surface area (Å²) in [5, 5.41) is 3.09. The molecule has 2 rings (SSSR count). The third kappa shape index (κ3) is 4.06. The van der Waals surface area contributed by atoms with Gasteiger partial charge in [-0.15, -0.1) is 11.3 Å². The van der Waals surface area contributed by atoms with Gasteiger partial charge in [-0.05, 0) is 25.6 Å². The number of hydrogen-bond donors (Lipinski definition) is 1. The Labute approximate surface area is 114 Å². The average molecular weight is 290 g/mol. The van der Waals surface area contributed by atoms with Crippen LogP contribution < -0.4 is 5.32 Å². The molecule has 0 atom stereocenters. The zero-order valence-electron chi connectivity index (χ0n) is 10.8. The fraction of sp³-hybridized carbons (Fsp3) is 0.538. The number of halogens is 3. The van der Waals surface area contributed by atoms with Crippen LogP contribution in [0, 0.1) is 0 Å². The van der Waals surface area contributed by atoms with Gasteiger partial charge in [0.2, 0.25) is 0 Å². The van der Waals surface area contributed by atoms with Crippen LogP contribution in [0.5, 0.6) is 0 Å². The molecule has 0 saturated heterocycles. The molecule has 19 heavy (non-hydrogen) atoms. The highest BCUT2D eigenvalue weighted by Crippen LogP contribution is 2.30. The summed E-state index contributed by atoms with van der Waals surface area (Å²) in [4.78, 5) is 4.50. The van der Waals surface area contributed by atoms with E-state index in [0.29, 0.717) is 13.1 Å². The Balaban J connectivity index is 1.90. The van der Waals surface area contributed by atoms with Crippen molar-refractivity contribution in [1.29, 1.82) is 0 Å². The Bertz CT molecular complexity index is 451. The first-order chi connectivity index (χ1) is 8.99. The van der Waals surface area contributed by atoms with Crippen molar-refractivity contribution in [2.24, 2.45) is 0 Å². The summed E-state index contributed by atoms with van der Waals surface area (Å²) < 4.78 is 37.5. The third-order valence-electron chi connectivity index (χ3n) is 3.11. The van der Waals surface area contributed by atoms with Crippen LogP contribution in [0.2, 0.25) is 0 Å². The van der Waals surface area contributed by atoms with Crippen molar-refractivity contribution in [3.05, 3.63) is 33.5 Å². The lowest BCUT2D eigenvalue weighted by atomic mass is 10.1. The molecule has 0 bridgehead atoms. The minimum Gasteiger partial charge on any atom is -0.315 e. The normalized spacial score (nSPS) is 17.6. The molecule has 1 aromatic rings. The summed E-state index contributed by atoms with van der Waals surface area (Å²) in [6.45, 7) is 2.43. The smallest absolute Gasteiger partial charge is 0.315 e. The van der Waals surface area contributed by atoms with Gasteiger partial charge in [-0.1, -0.05) is 6.08 Å². The second kappa shape index (κ2) is 6.07. The molecule has 0 aromatic carbocycles. The number of thiophene rings is 1. The fourth-order valence-corrected chi connectivity index (χ4v) is 3.18. The maximum absolute atomic E-state index is 12.5. The van der Waals surface area contributed by atoms with Gasteiger partial charge in [0.15, 0.2) is 0 Å². The van der Waals surface area contributed by atoms with Gasteiger partial charge in [0.05, 0.1) is 0 Å². The van der Waals surface area contributed by atoms with E-state index in [1.807, 2.05) is 11.9 Å². The predicted molar refractivity (Wildman–Crippen MR) is 71.1 cm³/mol. The Morgan fingerprint density at radius 2 is 2.05 bits per heavy atom. The van der Waals surface area contributed by atoms with Gasteiger partial charge in [-0.3, -0.25) is 4.90 Å². The van der Waals surface area contributed by atoms with Gasteiger partial charge in [0.1, 0.15) is 0 Å². The molecule has 2 nitrogen and oxygen atoms in total. The van der Waals surface area contributed by atoms with Crippen LogP contribution >= 0.6 is 11.3 Å². The lowest BCUT2D eigenvalue weighted by Crippen LogP contribution is -2.31. The van der Waals surface area contributed by atoms with Crippen molar-refractivity contribution in [3.63, 3.8) is 0 Å². The van der Waals surface area contributed by atoms with Gasteiger partial charge >= 0.3 is 6.18 Å². The summed E-state index contributed by atoms with van der Waals surface area (Å²) in [7, 11) is 1.90. The summed E-state index contributed by atoms with van der Waals surface area (Å²) in [6.07, 6.45) is -2.75. The second-order valence-electron chi connectivity index (χ2n) is 4.61. The van der Waals surface area contributed by atoms with E-state index in [1.165, 1.54) is 15.8 Å². The maximum atomic E-state index is 12.5. The van der Waals surface area contributed by atoms with E-state index in [0.717, 1.165) is 13.1 Å². The van der Waals surface area contributed by atoms with Crippen molar-refractivity contribution >= 4 is 11.3 Å². The van der Waals surface area contributed by atoms with Gasteiger partial charge in [0.25, 0.3) is 0 Å². The highest BCUT2D eigenvalue weighted by atomic mass is 32.1. The molecular weight excluding hydrogens is 273 g/mol. The molecule has 1 aromatic heterocycles. The van der Waals surface area contributed by atoms with Crippen LogP contribution in [-0.2, 0) is 13.1 Å². The highest BCUT2D eigenvalue weighted by Gasteiger charge is 2.34. The molecule has 0 fully saturated rings. The third-order valence-corrected chi connectivity index (χ3v) is 4.18. The summed E-state index contributed by atoms with van der Waals surface area (Å²) >= 11 is 1.71. The topological polar surface area (TPSA) is 15.3 Å². The average Bonchev–Trinajstić information content (AvgIpc) is 2.77. The SMILES string of the molecule is CNCc1ccc(CN2CC=C(C(F)(F)F)CC2)s1. The molecule has 0 aliphatic carbocycles. The monoisotopic (exact) mass is 290 g/mol. The standard InChI is InChI=1S/C13H17F3N2S/c1-17-8-11-2-3-12(19-11)9-18-6-4-10(5-7-18)13(14,15)16/h2-4,17H,5-9H2,1H3. The summed E-state index contributed by atoms with van der Waals surface area (Å²) in [6, 6.07) is 4.12. The number of nitrogens with zero attached hydrogens (tertiary/aromatic N) is 1. The quantitative estimate of drug-likeness (QED) is 0.857. The van der Waals surface area contributed by atoms with Crippen LogP contribution in [0.25, 0.3) is 0 Å². The predicted octanol–water partition coefficient (Wildman–Crippen LogP) is 3.16. The van der Waals surface area contributed by atoms with Crippen LogP contribution in [0.15, 0.2) is 23.8 Å². The highest BCUT2D eigenvalue weighted by molar-refractivity contribution is 7.11. The van der Waals surface area contributed by atoms with Crippen molar-refractivity contribution in [2.75, 3.05) is 20.1 Å². The molecular formula is C13H17F3N2S. The van der Waals surface area contributed by atoms with E-state index >= 15 is 0 Å². The van der Waals surface area contributed by atoms with Gasteiger partial charge < -0.3 is 5.32 Å². The molecule has 6 heteroatoms. The minimum atomic E-state index is -4.16. The summed E-state index contributed by atoms with van der Waals surface area (Å²) in [5.74, 6) is 0. The molecule has 2 heterocycles. The fourth-order valence-electron chi connectivity index (χ4n) is 2.11. The van der Waals surface area contributed by atoms with Crippen molar-refractivity contribution in [1.82, 2.24) is 10.2 Å². The molecule has 0 saturated carbocycles.